The highest BCUT2D eigenvalue weighted by Gasteiger charge is 2.22. The summed E-state index contributed by atoms with van der Waals surface area (Å²) in [6.07, 6.45) is 11.4. The largest absolute Gasteiger partial charge is 0.289 e. The van der Waals surface area contributed by atoms with Gasteiger partial charge in [0, 0.05) is 23.3 Å². The molecule has 0 aromatic rings. The van der Waals surface area contributed by atoms with Gasteiger partial charge in [-0.15, -0.1) is 0 Å². The van der Waals surface area contributed by atoms with Gasteiger partial charge in [-0.1, -0.05) is 39.5 Å². The third-order valence-corrected chi connectivity index (χ3v) is 5.61. The number of imide groups is 2. The Morgan fingerprint density at radius 1 is 0.741 bits per heavy atom. The second-order valence-electron chi connectivity index (χ2n) is 7.54. The fraction of sp³-hybridized carbons (Fsp3) is 0.619. The van der Waals surface area contributed by atoms with Crippen molar-refractivity contribution in [2.75, 3.05) is 0 Å². The zero-order valence-electron chi connectivity index (χ0n) is 16.3. The van der Waals surface area contributed by atoms with E-state index in [-0.39, 0.29) is 23.6 Å². The van der Waals surface area contributed by atoms with Gasteiger partial charge in [0.15, 0.2) is 0 Å². The summed E-state index contributed by atoms with van der Waals surface area (Å²) >= 11 is 0. The van der Waals surface area contributed by atoms with Crippen LogP contribution in [-0.4, -0.2) is 23.6 Å². The Morgan fingerprint density at radius 2 is 1.15 bits per heavy atom. The number of rotatable bonds is 12. The zero-order chi connectivity index (χ0) is 19.8. The minimum Gasteiger partial charge on any atom is -0.289 e. The lowest BCUT2D eigenvalue weighted by atomic mass is 9.84. The monoisotopic (exact) mass is 374 g/mol. The number of nitrogens with one attached hydrogen (secondary N) is 2. The number of hydrogen-bond donors (Lipinski definition) is 2. The van der Waals surface area contributed by atoms with Crippen LogP contribution in [0.25, 0.3) is 0 Å². The summed E-state index contributed by atoms with van der Waals surface area (Å²) in [4.78, 5) is 45.5. The predicted octanol–water partition coefficient (Wildman–Crippen LogP) is 2.94. The van der Waals surface area contributed by atoms with Crippen molar-refractivity contribution in [3.05, 3.63) is 23.3 Å². The van der Waals surface area contributed by atoms with Crippen LogP contribution in [-0.2, 0) is 19.2 Å². The van der Waals surface area contributed by atoms with Crippen LogP contribution in [0.15, 0.2) is 23.3 Å². The molecule has 0 saturated carbocycles. The first kappa shape index (κ1) is 21.1. The summed E-state index contributed by atoms with van der Waals surface area (Å²) in [5.41, 5.74) is 1.19. The highest BCUT2D eigenvalue weighted by atomic mass is 16.2. The normalized spacial score (nSPS) is 18.9. The van der Waals surface area contributed by atoms with E-state index in [4.69, 9.17) is 0 Å². The Kier molecular flexibility index (Phi) is 7.95. The van der Waals surface area contributed by atoms with Crippen LogP contribution < -0.4 is 10.6 Å². The van der Waals surface area contributed by atoms with Gasteiger partial charge >= 0.3 is 0 Å². The van der Waals surface area contributed by atoms with Gasteiger partial charge in [0.2, 0.25) is 0 Å². The van der Waals surface area contributed by atoms with Gasteiger partial charge in [0.25, 0.3) is 23.6 Å². The Bertz CT molecular complexity index is 607. The Hall–Kier alpha value is -2.24. The molecule has 2 N–H and O–H groups in total. The molecule has 2 unspecified atom stereocenters. The maximum absolute atomic E-state index is 11.6. The minimum absolute atomic E-state index is 0.247. The molecule has 6 heteroatoms. The molecule has 0 spiro atoms. The molecule has 0 bridgehead atoms. The van der Waals surface area contributed by atoms with E-state index in [2.05, 4.69) is 24.5 Å². The Balaban J connectivity index is 1.71. The summed E-state index contributed by atoms with van der Waals surface area (Å²) in [5.74, 6) is 0.103. The van der Waals surface area contributed by atoms with Gasteiger partial charge in [-0.2, -0.15) is 0 Å². The zero-order valence-corrected chi connectivity index (χ0v) is 16.3. The van der Waals surface area contributed by atoms with Gasteiger partial charge in [-0.25, -0.2) is 0 Å². The molecule has 148 valence electrons. The third kappa shape index (κ3) is 6.45. The molecule has 2 atom stereocenters. The smallest absolute Gasteiger partial charge is 0.254 e. The summed E-state index contributed by atoms with van der Waals surface area (Å²) < 4.78 is 0. The summed E-state index contributed by atoms with van der Waals surface area (Å²) in [7, 11) is 0. The van der Waals surface area contributed by atoms with Gasteiger partial charge < -0.3 is 0 Å². The Labute approximate surface area is 160 Å². The molecule has 0 saturated heterocycles. The first-order valence-electron chi connectivity index (χ1n) is 10.0. The van der Waals surface area contributed by atoms with Crippen molar-refractivity contribution in [3.8, 4) is 0 Å². The number of carbonyl (C=O) groups is 4. The molecule has 0 fully saturated rings. The quantitative estimate of drug-likeness (QED) is 0.514. The molecule has 4 amide bonds. The lowest BCUT2D eigenvalue weighted by molar-refractivity contribution is -0.125. The molecule has 2 aliphatic heterocycles. The minimum atomic E-state index is -0.305. The topological polar surface area (TPSA) is 92.3 Å². The standard InChI is InChI=1S/C21H30N2O4/c1-3-14(7-5-9-16-12-18(24)22-20(16)26)11-15(4-2)8-6-10-17-13-19(25)23-21(17)27/h12-15H,3-11H2,1-2H3,(H,22,24,26)(H,23,25,27). The highest BCUT2D eigenvalue weighted by Crippen LogP contribution is 2.28. The average Bonchev–Trinajstić information content (AvgIpc) is 3.12. The van der Waals surface area contributed by atoms with Gasteiger partial charge in [0.1, 0.15) is 0 Å². The number of amides is 4. The van der Waals surface area contributed by atoms with E-state index >= 15 is 0 Å². The van der Waals surface area contributed by atoms with Gasteiger partial charge in [0.05, 0.1) is 0 Å². The predicted molar refractivity (Wildman–Crippen MR) is 102 cm³/mol. The van der Waals surface area contributed by atoms with E-state index in [1.54, 1.807) is 0 Å². The van der Waals surface area contributed by atoms with Crippen LogP contribution in [0.5, 0.6) is 0 Å². The average molecular weight is 374 g/mol. The fourth-order valence-corrected chi connectivity index (χ4v) is 3.89. The molecule has 2 rings (SSSR count). The molecule has 2 heterocycles. The van der Waals surface area contributed by atoms with Gasteiger partial charge in [-0.05, 0) is 43.9 Å². The lowest BCUT2D eigenvalue weighted by Crippen LogP contribution is -2.22. The number of carbonyl (C=O) groups excluding carboxylic acids is 4. The van der Waals surface area contributed by atoms with E-state index in [0.717, 1.165) is 44.9 Å². The van der Waals surface area contributed by atoms with E-state index in [1.165, 1.54) is 12.2 Å². The van der Waals surface area contributed by atoms with E-state index in [0.29, 0.717) is 35.8 Å². The van der Waals surface area contributed by atoms with E-state index in [1.807, 2.05) is 0 Å². The molecule has 2 aliphatic rings. The van der Waals surface area contributed by atoms with E-state index in [9.17, 15) is 19.2 Å². The first-order valence-corrected chi connectivity index (χ1v) is 10.0. The van der Waals surface area contributed by atoms with Crippen molar-refractivity contribution < 1.29 is 19.2 Å². The van der Waals surface area contributed by atoms with Crippen molar-refractivity contribution in [2.24, 2.45) is 11.8 Å². The van der Waals surface area contributed by atoms with Crippen molar-refractivity contribution >= 4 is 23.6 Å². The first-order chi connectivity index (χ1) is 12.9. The molecule has 6 nitrogen and oxygen atoms in total. The van der Waals surface area contributed by atoms with Crippen LogP contribution >= 0.6 is 0 Å². The summed E-state index contributed by atoms with van der Waals surface area (Å²) in [6, 6.07) is 0. The SMILES string of the molecule is CCC(CCCC1=CC(=O)NC1=O)CC(CC)CCCC1=CC(=O)NC1=O. The van der Waals surface area contributed by atoms with Crippen molar-refractivity contribution in [2.45, 2.75) is 71.6 Å². The molecular weight excluding hydrogens is 344 g/mol. The number of hydrogen-bond acceptors (Lipinski definition) is 4. The van der Waals surface area contributed by atoms with Gasteiger partial charge in [-0.3, -0.25) is 29.8 Å². The molecule has 0 radical (unpaired) electrons. The lowest BCUT2D eigenvalue weighted by Gasteiger charge is -2.22. The molecule has 0 aliphatic carbocycles. The second-order valence-corrected chi connectivity index (χ2v) is 7.54. The van der Waals surface area contributed by atoms with Crippen LogP contribution in [0.3, 0.4) is 0 Å². The van der Waals surface area contributed by atoms with Crippen LogP contribution in [0, 0.1) is 11.8 Å². The van der Waals surface area contributed by atoms with E-state index < -0.39 is 0 Å². The van der Waals surface area contributed by atoms with Crippen LogP contribution in [0.1, 0.15) is 71.6 Å². The maximum Gasteiger partial charge on any atom is 0.254 e. The van der Waals surface area contributed by atoms with Crippen molar-refractivity contribution in [1.29, 1.82) is 0 Å². The second kappa shape index (κ2) is 10.2. The summed E-state index contributed by atoms with van der Waals surface area (Å²) in [5, 5.41) is 4.58. The van der Waals surface area contributed by atoms with Crippen LogP contribution in [0.2, 0.25) is 0 Å². The van der Waals surface area contributed by atoms with Crippen molar-refractivity contribution in [1.82, 2.24) is 10.6 Å². The molecule has 0 aromatic heterocycles. The maximum atomic E-state index is 11.6. The van der Waals surface area contributed by atoms with Crippen molar-refractivity contribution in [3.63, 3.8) is 0 Å². The molecule has 0 aromatic carbocycles. The molecule has 27 heavy (non-hydrogen) atoms. The Morgan fingerprint density at radius 3 is 1.44 bits per heavy atom. The molecular formula is C21H30N2O4. The third-order valence-electron chi connectivity index (χ3n) is 5.61. The fourth-order valence-electron chi connectivity index (χ4n) is 3.89. The van der Waals surface area contributed by atoms with Crippen LogP contribution in [0.4, 0.5) is 0 Å². The summed E-state index contributed by atoms with van der Waals surface area (Å²) in [6.45, 7) is 4.39. The highest BCUT2D eigenvalue weighted by molar-refractivity contribution is 6.16.